The molecular formula is C19H20F3N7O. The van der Waals surface area contributed by atoms with E-state index in [4.69, 9.17) is 0 Å². The van der Waals surface area contributed by atoms with E-state index in [2.05, 4.69) is 30.8 Å². The molecule has 1 amide bonds. The van der Waals surface area contributed by atoms with Gasteiger partial charge in [-0.3, -0.25) is 9.89 Å². The summed E-state index contributed by atoms with van der Waals surface area (Å²) in [6.45, 7) is 3.65. The third-order valence-electron chi connectivity index (χ3n) is 4.92. The van der Waals surface area contributed by atoms with Crippen LogP contribution < -0.4 is 15.5 Å². The number of nitrogens with one attached hydrogen (secondary N) is 3. The lowest BCUT2D eigenvalue weighted by Crippen LogP contribution is -2.57. The molecule has 0 aliphatic carbocycles. The number of anilines is 1. The number of nitrogens with zero attached hydrogens (tertiary/aromatic N) is 4. The Hall–Kier alpha value is -3.21. The molecule has 1 saturated heterocycles. The highest BCUT2D eigenvalue weighted by Gasteiger charge is 2.36. The number of alkyl halides is 3. The number of pyridine rings is 2. The van der Waals surface area contributed by atoms with Gasteiger partial charge in [0, 0.05) is 37.8 Å². The molecule has 1 atom stereocenters. The predicted molar refractivity (Wildman–Crippen MR) is 105 cm³/mol. The Morgan fingerprint density at radius 2 is 2.17 bits per heavy atom. The summed E-state index contributed by atoms with van der Waals surface area (Å²) in [6, 6.07) is 5.16. The minimum absolute atomic E-state index is 0.153. The highest BCUT2D eigenvalue weighted by molar-refractivity contribution is 5.90. The zero-order valence-electron chi connectivity index (χ0n) is 16.1. The van der Waals surface area contributed by atoms with Crippen molar-refractivity contribution in [1.82, 2.24) is 30.8 Å². The number of fused-ring (bicyclic) bond motifs is 1. The highest BCUT2D eigenvalue weighted by atomic mass is 19.4. The van der Waals surface area contributed by atoms with Crippen LogP contribution >= 0.6 is 0 Å². The molecular weight excluding hydrogens is 399 g/mol. The molecule has 8 nitrogen and oxygen atoms in total. The van der Waals surface area contributed by atoms with Crippen LogP contribution in [0.5, 0.6) is 0 Å². The second-order valence-electron chi connectivity index (χ2n) is 6.88. The molecule has 3 aromatic rings. The SMILES string of the molecule is CCNC(=O)C1CN(c2ccc(C(F)(F)F)c(-c3[nH]nc4ncccc34)n2)CCN1. The van der Waals surface area contributed by atoms with Gasteiger partial charge in [0.15, 0.2) is 5.65 Å². The van der Waals surface area contributed by atoms with Gasteiger partial charge < -0.3 is 15.5 Å². The Labute approximate surface area is 169 Å². The van der Waals surface area contributed by atoms with Crippen LogP contribution in [0.2, 0.25) is 0 Å². The predicted octanol–water partition coefficient (Wildman–Crippen LogP) is 1.95. The fraction of sp³-hybridized carbons (Fsp3) is 0.368. The molecule has 4 rings (SSSR count). The van der Waals surface area contributed by atoms with E-state index in [1.807, 2.05) is 6.92 Å². The number of hydrogen-bond acceptors (Lipinski definition) is 6. The van der Waals surface area contributed by atoms with Crippen LogP contribution in [-0.4, -0.2) is 58.3 Å². The lowest BCUT2D eigenvalue weighted by atomic mass is 10.1. The first-order valence-electron chi connectivity index (χ1n) is 9.52. The first-order chi connectivity index (χ1) is 14.4. The summed E-state index contributed by atoms with van der Waals surface area (Å²) in [5.74, 6) is 0.209. The van der Waals surface area contributed by atoms with Gasteiger partial charge in [0.2, 0.25) is 5.91 Å². The Morgan fingerprint density at radius 3 is 2.93 bits per heavy atom. The number of aromatic amines is 1. The minimum Gasteiger partial charge on any atom is -0.355 e. The number of carbonyl (C=O) groups excluding carboxylic acids is 1. The van der Waals surface area contributed by atoms with Gasteiger partial charge in [0.05, 0.1) is 11.3 Å². The standard InChI is InChI=1S/C19H20F3N7O/c1-2-23-18(30)13-10-29(9-8-24-13)14-6-5-12(19(20,21)22)16(26-14)15-11-4-3-7-25-17(11)28-27-15/h3-7,13,24H,2,8-10H2,1H3,(H,23,30)(H,25,27,28). The number of hydrogen-bond donors (Lipinski definition) is 3. The normalized spacial score (nSPS) is 17.3. The van der Waals surface area contributed by atoms with Gasteiger partial charge in [-0.05, 0) is 31.2 Å². The summed E-state index contributed by atoms with van der Waals surface area (Å²) in [5.41, 5.74) is -0.645. The molecule has 0 saturated carbocycles. The molecule has 0 aromatic carbocycles. The lowest BCUT2D eigenvalue weighted by Gasteiger charge is -2.34. The first kappa shape index (κ1) is 20.1. The summed E-state index contributed by atoms with van der Waals surface area (Å²) < 4.78 is 41.1. The lowest BCUT2D eigenvalue weighted by molar-refractivity contribution is -0.137. The average Bonchev–Trinajstić information content (AvgIpc) is 3.17. The largest absolute Gasteiger partial charge is 0.418 e. The smallest absolute Gasteiger partial charge is 0.355 e. The van der Waals surface area contributed by atoms with Crippen molar-refractivity contribution in [2.45, 2.75) is 19.1 Å². The fourth-order valence-corrected chi connectivity index (χ4v) is 3.51. The third-order valence-corrected chi connectivity index (χ3v) is 4.92. The van der Waals surface area contributed by atoms with Crippen molar-refractivity contribution in [3.8, 4) is 11.4 Å². The summed E-state index contributed by atoms with van der Waals surface area (Å²) in [4.78, 5) is 22.4. The molecule has 11 heteroatoms. The van der Waals surface area contributed by atoms with Crippen molar-refractivity contribution in [2.24, 2.45) is 0 Å². The Bertz CT molecular complexity index is 1070. The topological polar surface area (TPSA) is 98.8 Å². The van der Waals surface area contributed by atoms with Crippen molar-refractivity contribution >= 4 is 22.8 Å². The van der Waals surface area contributed by atoms with E-state index in [1.165, 1.54) is 12.3 Å². The number of rotatable bonds is 4. The summed E-state index contributed by atoms with van der Waals surface area (Å²) >= 11 is 0. The Kier molecular flexibility index (Phi) is 5.29. The van der Waals surface area contributed by atoms with E-state index < -0.39 is 17.8 Å². The van der Waals surface area contributed by atoms with Gasteiger partial charge in [0.25, 0.3) is 0 Å². The zero-order chi connectivity index (χ0) is 21.3. The van der Waals surface area contributed by atoms with Gasteiger partial charge in [0.1, 0.15) is 17.6 Å². The molecule has 0 spiro atoms. The van der Waals surface area contributed by atoms with E-state index in [0.29, 0.717) is 43.0 Å². The monoisotopic (exact) mass is 419 g/mol. The first-order valence-corrected chi connectivity index (χ1v) is 9.52. The number of aromatic nitrogens is 4. The molecule has 1 unspecified atom stereocenters. The van der Waals surface area contributed by atoms with Gasteiger partial charge in [-0.25, -0.2) is 9.97 Å². The van der Waals surface area contributed by atoms with E-state index in [-0.39, 0.29) is 17.3 Å². The van der Waals surface area contributed by atoms with Crippen molar-refractivity contribution < 1.29 is 18.0 Å². The molecule has 1 fully saturated rings. The molecule has 1 aliphatic rings. The second-order valence-corrected chi connectivity index (χ2v) is 6.88. The zero-order valence-corrected chi connectivity index (χ0v) is 16.1. The van der Waals surface area contributed by atoms with Gasteiger partial charge >= 0.3 is 6.18 Å². The minimum atomic E-state index is -4.59. The molecule has 158 valence electrons. The number of amides is 1. The van der Waals surface area contributed by atoms with Crippen molar-refractivity contribution in [2.75, 3.05) is 31.1 Å². The van der Waals surface area contributed by atoms with Crippen LogP contribution in [0, 0.1) is 0 Å². The maximum Gasteiger partial charge on any atom is 0.418 e. The van der Waals surface area contributed by atoms with Crippen LogP contribution in [0.15, 0.2) is 30.5 Å². The Morgan fingerprint density at radius 1 is 1.33 bits per heavy atom. The van der Waals surface area contributed by atoms with Gasteiger partial charge in [-0.1, -0.05) is 0 Å². The second kappa shape index (κ2) is 7.90. The van der Waals surface area contributed by atoms with E-state index in [0.717, 1.165) is 6.07 Å². The Balaban J connectivity index is 1.75. The van der Waals surface area contributed by atoms with Crippen molar-refractivity contribution in [3.05, 3.63) is 36.0 Å². The van der Waals surface area contributed by atoms with E-state index in [1.54, 1.807) is 17.0 Å². The molecule has 1 aliphatic heterocycles. The average molecular weight is 419 g/mol. The summed E-state index contributed by atoms with van der Waals surface area (Å²) in [5, 5.41) is 13.0. The maximum absolute atomic E-state index is 13.7. The molecule has 3 N–H and O–H groups in total. The van der Waals surface area contributed by atoms with Gasteiger partial charge in [-0.2, -0.15) is 18.3 Å². The van der Waals surface area contributed by atoms with Gasteiger partial charge in [-0.15, -0.1) is 0 Å². The third kappa shape index (κ3) is 3.80. The quantitative estimate of drug-likeness (QED) is 0.598. The molecule has 0 bridgehead atoms. The molecule has 4 heterocycles. The van der Waals surface area contributed by atoms with Crippen LogP contribution in [-0.2, 0) is 11.0 Å². The maximum atomic E-state index is 13.7. The number of piperazine rings is 1. The summed E-state index contributed by atoms with van der Waals surface area (Å²) in [6.07, 6.45) is -3.07. The van der Waals surface area contributed by atoms with Crippen molar-refractivity contribution in [1.29, 1.82) is 0 Å². The number of carbonyl (C=O) groups is 1. The number of likely N-dealkylation sites (N-methyl/N-ethyl adjacent to an activating group) is 1. The van der Waals surface area contributed by atoms with Crippen LogP contribution in [0.4, 0.5) is 19.0 Å². The summed E-state index contributed by atoms with van der Waals surface area (Å²) in [7, 11) is 0. The molecule has 30 heavy (non-hydrogen) atoms. The number of halogens is 3. The van der Waals surface area contributed by atoms with Crippen LogP contribution in [0.1, 0.15) is 12.5 Å². The van der Waals surface area contributed by atoms with E-state index in [9.17, 15) is 18.0 Å². The van der Waals surface area contributed by atoms with Crippen LogP contribution in [0.3, 0.4) is 0 Å². The van der Waals surface area contributed by atoms with Crippen LogP contribution in [0.25, 0.3) is 22.4 Å². The van der Waals surface area contributed by atoms with E-state index >= 15 is 0 Å². The fourth-order valence-electron chi connectivity index (χ4n) is 3.51. The highest BCUT2D eigenvalue weighted by Crippen LogP contribution is 2.38. The molecule has 3 aromatic heterocycles. The molecule has 0 radical (unpaired) electrons. The van der Waals surface area contributed by atoms with Crippen molar-refractivity contribution in [3.63, 3.8) is 0 Å². The number of H-pyrrole nitrogens is 1.